The zero-order valence-corrected chi connectivity index (χ0v) is 18.3. The van der Waals surface area contributed by atoms with Gasteiger partial charge in [0, 0.05) is 11.3 Å². The third-order valence-electron chi connectivity index (χ3n) is 4.38. The number of ether oxygens (including phenoxy) is 2. The number of hydrazone groups is 1. The Kier molecular flexibility index (Phi) is 7.83. The fourth-order valence-electron chi connectivity index (χ4n) is 2.66. The van der Waals surface area contributed by atoms with Crippen molar-refractivity contribution in [3.8, 4) is 11.5 Å². The molecule has 0 aromatic heterocycles. The van der Waals surface area contributed by atoms with Gasteiger partial charge in [0.15, 0.2) is 6.61 Å². The number of hydrogen-bond acceptors (Lipinski definition) is 5. The molecule has 0 aliphatic carbocycles. The fourth-order valence-corrected chi connectivity index (χ4v) is 2.91. The van der Waals surface area contributed by atoms with E-state index in [1.165, 1.54) is 6.21 Å². The molecule has 2 N–H and O–H groups in total. The minimum atomic E-state index is -0.323. The van der Waals surface area contributed by atoms with Crippen LogP contribution in [0.4, 0.5) is 5.69 Å². The minimum absolute atomic E-state index is 0.203. The molecule has 164 valence electrons. The minimum Gasteiger partial charge on any atom is -0.497 e. The monoisotopic (exact) mass is 451 g/mol. The van der Waals surface area contributed by atoms with Crippen LogP contribution >= 0.6 is 11.6 Å². The van der Waals surface area contributed by atoms with Gasteiger partial charge in [-0.25, -0.2) is 5.43 Å². The highest BCUT2D eigenvalue weighted by atomic mass is 35.5. The van der Waals surface area contributed by atoms with Gasteiger partial charge in [0.1, 0.15) is 11.5 Å². The maximum atomic E-state index is 12.1. The molecule has 0 aliphatic rings. The van der Waals surface area contributed by atoms with Gasteiger partial charge in [0.25, 0.3) is 11.8 Å². The SMILES string of the molecule is COc1ccc(NC(=O)COc2ccc(C=NNC(=O)c3ccc(C)cc3)cc2Cl)cc1. The normalized spacial score (nSPS) is 10.6. The molecule has 0 radical (unpaired) electrons. The molecule has 0 saturated carbocycles. The second-order valence-corrected chi connectivity index (χ2v) is 7.23. The average Bonchev–Trinajstić information content (AvgIpc) is 2.79. The Hall–Kier alpha value is -3.84. The first-order valence-corrected chi connectivity index (χ1v) is 10.1. The third kappa shape index (κ3) is 6.58. The molecular formula is C24H22ClN3O4. The van der Waals surface area contributed by atoms with E-state index >= 15 is 0 Å². The van der Waals surface area contributed by atoms with E-state index in [4.69, 9.17) is 21.1 Å². The Bertz CT molecular complexity index is 1110. The molecule has 7 nitrogen and oxygen atoms in total. The van der Waals surface area contributed by atoms with Gasteiger partial charge in [-0.3, -0.25) is 9.59 Å². The number of hydrogen-bond donors (Lipinski definition) is 2. The molecule has 0 spiro atoms. The summed E-state index contributed by atoms with van der Waals surface area (Å²) < 4.78 is 10.6. The van der Waals surface area contributed by atoms with Crippen LogP contribution < -0.4 is 20.2 Å². The number of benzene rings is 3. The van der Waals surface area contributed by atoms with E-state index in [-0.39, 0.29) is 18.4 Å². The third-order valence-corrected chi connectivity index (χ3v) is 4.68. The van der Waals surface area contributed by atoms with Crippen molar-refractivity contribution in [2.75, 3.05) is 19.0 Å². The first kappa shape index (κ1) is 22.8. The average molecular weight is 452 g/mol. The smallest absolute Gasteiger partial charge is 0.271 e. The van der Waals surface area contributed by atoms with Crippen molar-refractivity contribution < 1.29 is 19.1 Å². The lowest BCUT2D eigenvalue weighted by atomic mass is 10.1. The summed E-state index contributed by atoms with van der Waals surface area (Å²) in [5.41, 5.74) is 5.34. The lowest BCUT2D eigenvalue weighted by molar-refractivity contribution is -0.118. The van der Waals surface area contributed by atoms with E-state index in [1.807, 2.05) is 19.1 Å². The van der Waals surface area contributed by atoms with Crippen molar-refractivity contribution in [1.82, 2.24) is 5.43 Å². The van der Waals surface area contributed by atoms with Crippen molar-refractivity contribution in [2.24, 2.45) is 5.10 Å². The molecule has 0 saturated heterocycles. The molecular weight excluding hydrogens is 430 g/mol. The van der Waals surface area contributed by atoms with E-state index in [0.29, 0.717) is 33.3 Å². The standard InChI is InChI=1S/C24H22ClN3O4/c1-16-3-6-18(7-4-16)24(30)28-26-14-17-5-12-22(21(25)13-17)32-15-23(29)27-19-8-10-20(31-2)11-9-19/h3-14H,15H2,1-2H3,(H,27,29)(H,28,30). The summed E-state index contributed by atoms with van der Waals surface area (Å²) in [4.78, 5) is 24.2. The molecule has 0 aliphatic heterocycles. The molecule has 3 aromatic carbocycles. The maximum absolute atomic E-state index is 12.1. The molecule has 0 unspecified atom stereocenters. The summed E-state index contributed by atoms with van der Waals surface area (Å²) in [5, 5.41) is 6.99. The predicted octanol–water partition coefficient (Wildman–Crippen LogP) is 4.44. The van der Waals surface area contributed by atoms with Gasteiger partial charge in [-0.05, 0) is 67.1 Å². The highest BCUT2D eigenvalue weighted by molar-refractivity contribution is 6.32. The van der Waals surface area contributed by atoms with Crippen LogP contribution in [0.5, 0.6) is 11.5 Å². The Morgan fingerprint density at radius 2 is 1.75 bits per heavy atom. The van der Waals surface area contributed by atoms with Crippen molar-refractivity contribution >= 4 is 35.3 Å². The van der Waals surface area contributed by atoms with Crippen LogP contribution in [0, 0.1) is 6.92 Å². The number of carbonyl (C=O) groups excluding carboxylic acids is 2. The number of halogens is 1. The number of nitrogens with one attached hydrogen (secondary N) is 2. The van der Waals surface area contributed by atoms with E-state index in [2.05, 4.69) is 15.8 Å². The van der Waals surface area contributed by atoms with Crippen LogP contribution in [0.1, 0.15) is 21.5 Å². The van der Waals surface area contributed by atoms with Crippen LogP contribution in [0.2, 0.25) is 5.02 Å². The number of methoxy groups -OCH3 is 1. The number of amides is 2. The van der Waals surface area contributed by atoms with E-state index in [1.54, 1.807) is 61.7 Å². The van der Waals surface area contributed by atoms with Crippen LogP contribution in [0.3, 0.4) is 0 Å². The zero-order chi connectivity index (χ0) is 22.9. The number of anilines is 1. The molecule has 0 atom stereocenters. The van der Waals surface area contributed by atoms with Gasteiger partial charge in [-0.1, -0.05) is 29.3 Å². The number of rotatable bonds is 8. The van der Waals surface area contributed by atoms with Gasteiger partial charge in [-0.2, -0.15) is 5.10 Å². The Balaban J connectivity index is 1.50. The first-order valence-electron chi connectivity index (χ1n) is 9.71. The highest BCUT2D eigenvalue weighted by Gasteiger charge is 2.08. The van der Waals surface area contributed by atoms with Crippen molar-refractivity contribution in [3.05, 3.63) is 88.4 Å². The predicted molar refractivity (Wildman–Crippen MR) is 125 cm³/mol. The summed E-state index contributed by atoms with van der Waals surface area (Å²) in [6.07, 6.45) is 1.47. The molecule has 0 fully saturated rings. The summed E-state index contributed by atoms with van der Waals surface area (Å²) in [6.45, 7) is 1.75. The molecule has 0 heterocycles. The molecule has 8 heteroatoms. The second kappa shape index (κ2) is 11.0. The quantitative estimate of drug-likeness (QED) is 0.391. The van der Waals surface area contributed by atoms with Crippen LogP contribution in [-0.4, -0.2) is 31.7 Å². The Morgan fingerprint density at radius 3 is 2.41 bits per heavy atom. The van der Waals surface area contributed by atoms with Gasteiger partial charge in [-0.15, -0.1) is 0 Å². The Labute approximate surface area is 191 Å². The zero-order valence-electron chi connectivity index (χ0n) is 17.6. The number of nitrogens with zero attached hydrogens (tertiary/aromatic N) is 1. The summed E-state index contributed by atoms with van der Waals surface area (Å²) in [5.74, 6) is 0.424. The van der Waals surface area contributed by atoms with Gasteiger partial charge in [0.2, 0.25) is 0 Å². The number of carbonyl (C=O) groups is 2. The highest BCUT2D eigenvalue weighted by Crippen LogP contribution is 2.25. The molecule has 32 heavy (non-hydrogen) atoms. The van der Waals surface area contributed by atoms with Crippen LogP contribution in [0.25, 0.3) is 0 Å². The maximum Gasteiger partial charge on any atom is 0.271 e. The van der Waals surface area contributed by atoms with E-state index < -0.39 is 0 Å². The molecule has 3 rings (SSSR count). The molecule has 2 amide bonds. The molecule has 3 aromatic rings. The van der Waals surface area contributed by atoms with Gasteiger partial charge >= 0.3 is 0 Å². The van der Waals surface area contributed by atoms with E-state index in [9.17, 15) is 9.59 Å². The lowest BCUT2D eigenvalue weighted by Gasteiger charge is -2.09. The van der Waals surface area contributed by atoms with Gasteiger partial charge in [0.05, 0.1) is 18.3 Å². The summed E-state index contributed by atoms with van der Waals surface area (Å²) in [6, 6.07) is 19.1. The van der Waals surface area contributed by atoms with Crippen molar-refractivity contribution in [2.45, 2.75) is 6.92 Å². The van der Waals surface area contributed by atoms with E-state index in [0.717, 1.165) is 5.56 Å². The first-order chi connectivity index (χ1) is 15.4. The second-order valence-electron chi connectivity index (χ2n) is 6.82. The lowest BCUT2D eigenvalue weighted by Crippen LogP contribution is -2.20. The van der Waals surface area contributed by atoms with Crippen molar-refractivity contribution in [1.29, 1.82) is 0 Å². The largest absolute Gasteiger partial charge is 0.497 e. The fraction of sp³-hybridized carbons (Fsp3) is 0.125. The van der Waals surface area contributed by atoms with Gasteiger partial charge < -0.3 is 14.8 Å². The summed E-state index contributed by atoms with van der Waals surface area (Å²) >= 11 is 6.24. The topological polar surface area (TPSA) is 89.0 Å². The number of aryl methyl sites for hydroxylation is 1. The van der Waals surface area contributed by atoms with Crippen LogP contribution in [0.15, 0.2) is 71.8 Å². The molecule has 0 bridgehead atoms. The Morgan fingerprint density at radius 1 is 1.03 bits per heavy atom. The van der Waals surface area contributed by atoms with Crippen LogP contribution in [-0.2, 0) is 4.79 Å². The summed E-state index contributed by atoms with van der Waals surface area (Å²) in [7, 11) is 1.57. The van der Waals surface area contributed by atoms with Crippen molar-refractivity contribution in [3.63, 3.8) is 0 Å².